The molecule has 1 N–H and O–H groups in total. The third-order valence-corrected chi connectivity index (χ3v) is 6.24. The van der Waals surface area contributed by atoms with Crippen molar-refractivity contribution in [3.05, 3.63) is 77.1 Å². The molecule has 0 fully saturated rings. The zero-order valence-electron chi connectivity index (χ0n) is 17.6. The Balaban J connectivity index is 1.54. The summed E-state index contributed by atoms with van der Waals surface area (Å²) in [7, 11) is 0. The number of aryl methyl sites for hydroxylation is 4. The number of carbonyl (C=O) groups is 1. The summed E-state index contributed by atoms with van der Waals surface area (Å²) in [4.78, 5) is 17.0. The van der Waals surface area contributed by atoms with Gasteiger partial charge in [0.25, 0.3) is 0 Å². The van der Waals surface area contributed by atoms with Gasteiger partial charge in [-0.25, -0.2) is 9.50 Å². The van der Waals surface area contributed by atoms with Gasteiger partial charge in [0.1, 0.15) is 5.03 Å². The van der Waals surface area contributed by atoms with Crippen LogP contribution in [0.3, 0.4) is 0 Å². The van der Waals surface area contributed by atoms with E-state index in [-0.39, 0.29) is 11.7 Å². The van der Waals surface area contributed by atoms with Crippen molar-refractivity contribution in [2.24, 2.45) is 0 Å². The van der Waals surface area contributed by atoms with Crippen LogP contribution in [-0.2, 0) is 4.79 Å². The maximum absolute atomic E-state index is 12.5. The number of rotatable bonds is 5. The third-order valence-electron chi connectivity index (χ3n) is 5.24. The lowest BCUT2D eigenvalue weighted by Crippen LogP contribution is -2.15. The largest absolute Gasteiger partial charge is 0.325 e. The van der Waals surface area contributed by atoms with E-state index in [1.165, 1.54) is 22.9 Å². The number of carbonyl (C=O) groups excluding carboxylic acids is 1. The molecule has 2 aromatic heterocycles. The number of amides is 1. The second-order valence-electron chi connectivity index (χ2n) is 7.49. The minimum Gasteiger partial charge on any atom is -0.325 e. The summed E-state index contributed by atoms with van der Waals surface area (Å²) in [5, 5.41) is 8.51. The van der Waals surface area contributed by atoms with Gasteiger partial charge < -0.3 is 5.32 Å². The molecule has 0 bridgehead atoms. The highest BCUT2D eigenvalue weighted by Crippen LogP contribution is 2.27. The summed E-state index contributed by atoms with van der Waals surface area (Å²) >= 11 is 1.42. The molecule has 152 valence electrons. The van der Waals surface area contributed by atoms with Crippen molar-refractivity contribution in [1.82, 2.24) is 14.6 Å². The molecule has 2 aromatic carbocycles. The van der Waals surface area contributed by atoms with Crippen molar-refractivity contribution < 1.29 is 4.79 Å². The molecule has 0 spiro atoms. The molecular formula is C24H24N4OS. The molecule has 4 aromatic rings. The standard InChI is InChI=1S/C24H24N4OS/c1-15-8-9-19(12-18(15)4)20-13-21-24(25-10-11-28(21)27-20)30-14-22(29)26-23-16(2)6-5-7-17(23)3/h5-13H,14H2,1-4H3,(H,26,29). The van der Waals surface area contributed by atoms with Crippen LogP contribution >= 0.6 is 11.8 Å². The van der Waals surface area contributed by atoms with Gasteiger partial charge >= 0.3 is 0 Å². The van der Waals surface area contributed by atoms with E-state index in [4.69, 9.17) is 5.10 Å². The van der Waals surface area contributed by atoms with E-state index in [2.05, 4.69) is 42.3 Å². The van der Waals surface area contributed by atoms with Gasteiger partial charge in [-0.1, -0.05) is 42.1 Å². The Bertz CT molecular complexity index is 1230. The van der Waals surface area contributed by atoms with Gasteiger partial charge in [-0.05, 0) is 62.1 Å². The van der Waals surface area contributed by atoms with Crippen molar-refractivity contribution in [1.29, 1.82) is 0 Å². The summed E-state index contributed by atoms with van der Waals surface area (Å²) in [6, 6.07) is 14.4. The molecule has 0 aliphatic rings. The Hall–Kier alpha value is -3.12. The summed E-state index contributed by atoms with van der Waals surface area (Å²) in [6.07, 6.45) is 3.55. The van der Waals surface area contributed by atoms with Crippen LogP contribution in [0.15, 0.2) is 59.9 Å². The molecule has 6 heteroatoms. The summed E-state index contributed by atoms with van der Waals surface area (Å²) in [5.74, 6) is 0.236. The molecule has 0 saturated carbocycles. The van der Waals surface area contributed by atoms with Crippen LogP contribution in [-0.4, -0.2) is 26.3 Å². The second-order valence-corrected chi connectivity index (χ2v) is 8.46. The predicted molar refractivity (Wildman–Crippen MR) is 123 cm³/mol. The number of aromatic nitrogens is 3. The van der Waals surface area contributed by atoms with Crippen LogP contribution in [0.2, 0.25) is 0 Å². The van der Waals surface area contributed by atoms with Crippen LogP contribution in [0, 0.1) is 27.7 Å². The van der Waals surface area contributed by atoms with Gasteiger partial charge in [0, 0.05) is 23.6 Å². The molecule has 2 heterocycles. The highest BCUT2D eigenvalue weighted by Gasteiger charge is 2.13. The Morgan fingerprint density at radius 2 is 1.77 bits per heavy atom. The number of fused-ring (bicyclic) bond motifs is 1. The van der Waals surface area contributed by atoms with Gasteiger partial charge in [-0.15, -0.1) is 0 Å². The first kappa shape index (κ1) is 20.2. The van der Waals surface area contributed by atoms with Crippen LogP contribution in [0.4, 0.5) is 5.69 Å². The number of benzene rings is 2. The maximum atomic E-state index is 12.5. The third kappa shape index (κ3) is 4.09. The van der Waals surface area contributed by atoms with Crippen molar-refractivity contribution in [2.45, 2.75) is 32.7 Å². The number of thioether (sulfide) groups is 1. The first-order chi connectivity index (χ1) is 14.4. The fraction of sp³-hybridized carbons (Fsp3) is 0.208. The number of hydrogen-bond acceptors (Lipinski definition) is 4. The molecular weight excluding hydrogens is 392 g/mol. The molecule has 0 unspecified atom stereocenters. The number of para-hydroxylation sites is 1. The number of nitrogens with zero attached hydrogens (tertiary/aromatic N) is 3. The lowest BCUT2D eigenvalue weighted by molar-refractivity contribution is -0.113. The fourth-order valence-corrected chi connectivity index (χ4v) is 4.15. The number of anilines is 1. The number of hydrogen-bond donors (Lipinski definition) is 1. The van der Waals surface area contributed by atoms with Crippen LogP contribution in [0.25, 0.3) is 16.8 Å². The van der Waals surface area contributed by atoms with Gasteiger partial charge in [-0.3, -0.25) is 4.79 Å². The minimum absolute atomic E-state index is 0.0462. The average molecular weight is 417 g/mol. The van der Waals surface area contributed by atoms with E-state index in [1.807, 2.05) is 48.8 Å². The first-order valence-corrected chi connectivity index (χ1v) is 10.8. The molecule has 0 radical (unpaired) electrons. The van der Waals surface area contributed by atoms with Gasteiger partial charge in [0.2, 0.25) is 5.91 Å². The fourth-order valence-electron chi connectivity index (χ4n) is 3.37. The van der Waals surface area contributed by atoms with Gasteiger partial charge in [0.15, 0.2) is 0 Å². The smallest absolute Gasteiger partial charge is 0.234 e. The number of nitrogens with one attached hydrogen (secondary N) is 1. The Kier molecular flexibility index (Phi) is 5.59. The topological polar surface area (TPSA) is 59.3 Å². The summed E-state index contributed by atoms with van der Waals surface area (Å²) < 4.78 is 1.82. The monoisotopic (exact) mass is 416 g/mol. The van der Waals surface area contributed by atoms with Gasteiger partial charge in [-0.2, -0.15) is 5.10 Å². The van der Waals surface area contributed by atoms with E-state index in [0.717, 1.165) is 38.6 Å². The van der Waals surface area contributed by atoms with Crippen molar-refractivity contribution in [2.75, 3.05) is 11.1 Å². The summed E-state index contributed by atoms with van der Waals surface area (Å²) in [5.41, 5.74) is 8.37. The molecule has 1 amide bonds. The van der Waals surface area contributed by atoms with Crippen molar-refractivity contribution >= 4 is 28.9 Å². The Labute approximate surface area is 180 Å². The van der Waals surface area contributed by atoms with E-state index in [9.17, 15) is 4.79 Å². The second kappa shape index (κ2) is 8.32. The molecule has 0 aliphatic carbocycles. The van der Waals surface area contributed by atoms with E-state index in [0.29, 0.717) is 0 Å². The molecule has 0 atom stereocenters. The SMILES string of the molecule is Cc1ccc(-c2cc3c(SCC(=O)Nc4c(C)cccc4C)nccn3n2)cc1C. The van der Waals surface area contributed by atoms with E-state index >= 15 is 0 Å². The van der Waals surface area contributed by atoms with E-state index in [1.54, 1.807) is 6.20 Å². The Morgan fingerprint density at radius 1 is 1.00 bits per heavy atom. The van der Waals surface area contributed by atoms with Crippen molar-refractivity contribution in [3.63, 3.8) is 0 Å². The lowest BCUT2D eigenvalue weighted by Gasteiger charge is -2.11. The normalized spacial score (nSPS) is 11.1. The highest BCUT2D eigenvalue weighted by molar-refractivity contribution is 8.00. The van der Waals surface area contributed by atoms with Crippen LogP contribution in [0.5, 0.6) is 0 Å². The molecule has 0 saturated heterocycles. The van der Waals surface area contributed by atoms with Crippen LogP contribution < -0.4 is 5.32 Å². The predicted octanol–water partition coefficient (Wildman–Crippen LogP) is 5.36. The lowest BCUT2D eigenvalue weighted by atomic mass is 10.0. The molecule has 5 nitrogen and oxygen atoms in total. The van der Waals surface area contributed by atoms with E-state index < -0.39 is 0 Å². The zero-order valence-corrected chi connectivity index (χ0v) is 18.4. The molecule has 0 aliphatic heterocycles. The quantitative estimate of drug-likeness (QED) is 0.445. The molecule has 30 heavy (non-hydrogen) atoms. The average Bonchev–Trinajstić information content (AvgIpc) is 3.16. The zero-order chi connectivity index (χ0) is 21.3. The summed E-state index contributed by atoms with van der Waals surface area (Å²) in [6.45, 7) is 8.20. The van der Waals surface area contributed by atoms with Crippen LogP contribution in [0.1, 0.15) is 22.3 Å². The maximum Gasteiger partial charge on any atom is 0.234 e. The Morgan fingerprint density at radius 3 is 2.50 bits per heavy atom. The van der Waals surface area contributed by atoms with Crippen molar-refractivity contribution in [3.8, 4) is 11.3 Å². The highest BCUT2D eigenvalue weighted by atomic mass is 32.2. The first-order valence-electron chi connectivity index (χ1n) is 9.83. The molecule has 4 rings (SSSR count). The minimum atomic E-state index is -0.0462. The van der Waals surface area contributed by atoms with Gasteiger partial charge in [0.05, 0.1) is 17.0 Å².